The lowest BCUT2D eigenvalue weighted by molar-refractivity contribution is -0.154. The highest BCUT2D eigenvalue weighted by Crippen LogP contribution is 2.24. The molecule has 0 aliphatic carbocycles. The summed E-state index contributed by atoms with van der Waals surface area (Å²) in [6.45, 7) is 3.06. The van der Waals surface area contributed by atoms with Crippen molar-refractivity contribution in [3.63, 3.8) is 0 Å². The van der Waals surface area contributed by atoms with Crippen molar-refractivity contribution in [2.75, 3.05) is 32.8 Å². The van der Waals surface area contributed by atoms with Gasteiger partial charge in [0.05, 0.1) is 18.0 Å². The molecule has 0 radical (unpaired) electrons. The van der Waals surface area contributed by atoms with E-state index in [4.69, 9.17) is 9.84 Å². The van der Waals surface area contributed by atoms with E-state index in [1.807, 2.05) is 0 Å². The van der Waals surface area contributed by atoms with E-state index in [1.165, 1.54) is 21.3 Å². The Bertz CT molecular complexity index is 832. The molecule has 1 amide bonds. The SMILES string of the molecule is Cc1ccc(S(=O)(=O)N2CCCCC2)cc1C(=O)N1CCOC(C(=O)O)C1. The van der Waals surface area contributed by atoms with Crippen molar-refractivity contribution < 1.29 is 27.9 Å². The number of benzene rings is 1. The van der Waals surface area contributed by atoms with Crippen molar-refractivity contribution in [3.8, 4) is 0 Å². The molecule has 2 saturated heterocycles. The van der Waals surface area contributed by atoms with Gasteiger partial charge in [0.1, 0.15) is 0 Å². The van der Waals surface area contributed by atoms with Gasteiger partial charge in [0.2, 0.25) is 10.0 Å². The summed E-state index contributed by atoms with van der Waals surface area (Å²) < 4.78 is 32.4. The molecule has 0 aromatic heterocycles. The number of amides is 1. The minimum atomic E-state index is -3.65. The van der Waals surface area contributed by atoms with Gasteiger partial charge in [-0.1, -0.05) is 12.5 Å². The number of nitrogens with zero attached hydrogens (tertiary/aromatic N) is 2. The van der Waals surface area contributed by atoms with E-state index < -0.39 is 22.1 Å². The maximum atomic E-state index is 12.9. The Morgan fingerprint density at radius 1 is 1.15 bits per heavy atom. The highest BCUT2D eigenvalue weighted by atomic mass is 32.2. The first-order chi connectivity index (χ1) is 12.8. The van der Waals surface area contributed by atoms with Gasteiger partial charge in [-0.2, -0.15) is 4.31 Å². The minimum Gasteiger partial charge on any atom is -0.479 e. The Morgan fingerprint density at radius 3 is 2.52 bits per heavy atom. The van der Waals surface area contributed by atoms with Crippen LogP contribution in [0.2, 0.25) is 0 Å². The number of carboxylic acids is 1. The number of hydrogen-bond acceptors (Lipinski definition) is 5. The van der Waals surface area contributed by atoms with Crippen molar-refractivity contribution in [2.24, 2.45) is 0 Å². The lowest BCUT2D eigenvalue weighted by Gasteiger charge is -2.31. The van der Waals surface area contributed by atoms with Crippen molar-refractivity contribution in [3.05, 3.63) is 29.3 Å². The van der Waals surface area contributed by atoms with E-state index in [2.05, 4.69) is 0 Å². The Hall–Kier alpha value is -1.97. The summed E-state index contributed by atoms with van der Waals surface area (Å²) in [5.41, 5.74) is 0.926. The Labute approximate surface area is 158 Å². The lowest BCUT2D eigenvalue weighted by atomic mass is 10.1. The summed E-state index contributed by atoms with van der Waals surface area (Å²) in [6.07, 6.45) is 1.62. The van der Waals surface area contributed by atoms with Crippen LogP contribution in [-0.4, -0.2) is 73.5 Å². The number of carboxylic acid groups (broad SMARTS) is 1. The fourth-order valence-electron chi connectivity index (χ4n) is 3.40. The number of carbonyl (C=O) groups excluding carboxylic acids is 1. The second-order valence-corrected chi connectivity index (χ2v) is 8.83. The summed E-state index contributed by atoms with van der Waals surface area (Å²) in [5, 5.41) is 9.11. The molecule has 2 aliphatic rings. The maximum absolute atomic E-state index is 12.9. The standard InChI is InChI=1S/C18H24N2O6S/c1-13-5-6-14(27(24,25)20-7-3-2-4-8-20)11-15(13)17(21)19-9-10-26-16(12-19)18(22)23/h5-6,11,16H,2-4,7-10,12H2,1H3,(H,22,23). The van der Waals surface area contributed by atoms with Crippen LogP contribution in [0, 0.1) is 6.92 Å². The average Bonchev–Trinajstić information content (AvgIpc) is 2.68. The van der Waals surface area contributed by atoms with E-state index in [1.54, 1.807) is 13.0 Å². The first-order valence-corrected chi connectivity index (χ1v) is 10.5. The van der Waals surface area contributed by atoms with Crippen LogP contribution < -0.4 is 0 Å². The highest BCUT2D eigenvalue weighted by molar-refractivity contribution is 7.89. The monoisotopic (exact) mass is 396 g/mol. The molecule has 2 fully saturated rings. The average molecular weight is 396 g/mol. The molecule has 3 rings (SSSR count). The number of rotatable bonds is 4. The van der Waals surface area contributed by atoms with Gasteiger partial charge in [-0.15, -0.1) is 0 Å². The number of ether oxygens (including phenoxy) is 1. The van der Waals surface area contributed by atoms with E-state index >= 15 is 0 Å². The maximum Gasteiger partial charge on any atom is 0.334 e. The summed E-state index contributed by atoms with van der Waals surface area (Å²) in [4.78, 5) is 25.6. The summed E-state index contributed by atoms with van der Waals surface area (Å²) in [6, 6.07) is 4.56. The van der Waals surface area contributed by atoms with E-state index in [-0.39, 0.29) is 36.1 Å². The first kappa shape index (κ1) is 19.8. The highest BCUT2D eigenvalue weighted by Gasteiger charge is 2.31. The van der Waals surface area contributed by atoms with Crippen molar-refractivity contribution in [2.45, 2.75) is 37.2 Å². The first-order valence-electron chi connectivity index (χ1n) is 9.05. The van der Waals surface area contributed by atoms with E-state index in [0.717, 1.165) is 19.3 Å². The predicted octanol–water partition coefficient (Wildman–Crippen LogP) is 1.10. The fraction of sp³-hybridized carbons (Fsp3) is 0.556. The van der Waals surface area contributed by atoms with Crippen molar-refractivity contribution >= 4 is 21.9 Å². The molecule has 1 unspecified atom stereocenters. The van der Waals surface area contributed by atoms with Gasteiger partial charge in [0.25, 0.3) is 5.91 Å². The van der Waals surface area contributed by atoms with Gasteiger partial charge in [-0.05, 0) is 37.5 Å². The van der Waals surface area contributed by atoms with E-state index in [9.17, 15) is 18.0 Å². The van der Waals surface area contributed by atoms with Crippen LogP contribution in [0.5, 0.6) is 0 Å². The number of sulfonamides is 1. The molecule has 0 saturated carbocycles. The summed E-state index contributed by atoms with van der Waals surface area (Å²) >= 11 is 0. The van der Waals surface area contributed by atoms with Crippen LogP contribution in [0.3, 0.4) is 0 Å². The molecule has 0 bridgehead atoms. The van der Waals surface area contributed by atoms with Crippen molar-refractivity contribution in [1.29, 1.82) is 0 Å². The second kappa shape index (κ2) is 7.95. The minimum absolute atomic E-state index is 0.0588. The quantitative estimate of drug-likeness (QED) is 0.817. The molecule has 2 heterocycles. The summed E-state index contributed by atoms with van der Waals surface area (Å²) in [7, 11) is -3.65. The molecule has 1 aromatic rings. The van der Waals surface area contributed by atoms with Gasteiger partial charge in [0.15, 0.2) is 6.10 Å². The molecular formula is C18H24N2O6S. The number of piperidine rings is 1. The predicted molar refractivity (Wildman–Crippen MR) is 97.1 cm³/mol. The Morgan fingerprint density at radius 2 is 1.85 bits per heavy atom. The van der Waals surface area contributed by atoms with Crippen LogP contribution >= 0.6 is 0 Å². The molecule has 27 heavy (non-hydrogen) atoms. The van der Waals surface area contributed by atoms with E-state index in [0.29, 0.717) is 18.7 Å². The van der Waals surface area contributed by atoms with Crippen LogP contribution in [0.15, 0.2) is 23.1 Å². The number of aliphatic carboxylic acids is 1. The zero-order valence-electron chi connectivity index (χ0n) is 15.3. The third-order valence-electron chi connectivity index (χ3n) is 5.02. The Balaban J connectivity index is 1.87. The zero-order valence-corrected chi connectivity index (χ0v) is 16.1. The zero-order chi connectivity index (χ0) is 19.6. The van der Waals surface area contributed by atoms with Gasteiger partial charge in [0, 0.05) is 25.2 Å². The lowest BCUT2D eigenvalue weighted by Crippen LogP contribution is -2.48. The van der Waals surface area contributed by atoms with Crippen LogP contribution in [0.4, 0.5) is 0 Å². The number of aryl methyl sites for hydroxylation is 1. The van der Waals surface area contributed by atoms with Crippen LogP contribution in [0.1, 0.15) is 35.2 Å². The summed E-state index contributed by atoms with van der Waals surface area (Å²) in [5.74, 6) is -1.50. The van der Waals surface area contributed by atoms with Crippen LogP contribution in [-0.2, 0) is 19.6 Å². The molecule has 1 atom stereocenters. The molecule has 8 nitrogen and oxygen atoms in total. The molecule has 0 spiro atoms. The normalized spacial score (nSPS) is 21.8. The second-order valence-electron chi connectivity index (χ2n) is 6.89. The molecule has 1 N–H and O–H groups in total. The van der Waals surface area contributed by atoms with Gasteiger partial charge in [-0.25, -0.2) is 13.2 Å². The third-order valence-corrected chi connectivity index (χ3v) is 6.92. The number of morpholine rings is 1. The van der Waals surface area contributed by atoms with Crippen molar-refractivity contribution in [1.82, 2.24) is 9.21 Å². The smallest absolute Gasteiger partial charge is 0.334 e. The Kier molecular flexibility index (Phi) is 5.83. The van der Waals surface area contributed by atoms with Gasteiger partial charge >= 0.3 is 5.97 Å². The van der Waals surface area contributed by atoms with Crippen LogP contribution in [0.25, 0.3) is 0 Å². The number of hydrogen-bond donors (Lipinski definition) is 1. The van der Waals surface area contributed by atoms with Gasteiger partial charge < -0.3 is 14.7 Å². The molecule has 148 valence electrons. The molecular weight excluding hydrogens is 372 g/mol. The molecule has 9 heteroatoms. The third kappa shape index (κ3) is 4.15. The topological polar surface area (TPSA) is 104 Å². The molecule has 2 aliphatic heterocycles. The fourth-order valence-corrected chi connectivity index (χ4v) is 4.94. The largest absolute Gasteiger partial charge is 0.479 e. The number of carbonyl (C=O) groups is 2. The molecule has 1 aromatic carbocycles. The van der Waals surface area contributed by atoms with Gasteiger partial charge in [-0.3, -0.25) is 4.79 Å².